The van der Waals surface area contributed by atoms with Gasteiger partial charge in [-0.25, -0.2) is 0 Å². The summed E-state index contributed by atoms with van der Waals surface area (Å²) in [5.41, 5.74) is 2.55. The molecular formula is C19H28N2O2. The molecule has 23 heavy (non-hydrogen) atoms. The normalized spacial score (nSPS) is 24.8. The summed E-state index contributed by atoms with van der Waals surface area (Å²) in [6.07, 6.45) is -0.425. The van der Waals surface area contributed by atoms with Crippen molar-refractivity contribution in [2.75, 3.05) is 26.2 Å². The summed E-state index contributed by atoms with van der Waals surface area (Å²) in [5, 5.41) is 3.40. The molecule has 0 bridgehead atoms. The molecule has 0 spiro atoms. The number of nitrogens with zero attached hydrogens (tertiary/aromatic N) is 1. The van der Waals surface area contributed by atoms with Crippen molar-refractivity contribution in [3.05, 3.63) is 29.3 Å². The van der Waals surface area contributed by atoms with Gasteiger partial charge in [-0.2, -0.15) is 0 Å². The number of hydrogen-bond acceptors (Lipinski definition) is 3. The van der Waals surface area contributed by atoms with E-state index in [-0.39, 0.29) is 5.91 Å². The van der Waals surface area contributed by atoms with Crippen molar-refractivity contribution in [2.45, 2.75) is 39.7 Å². The van der Waals surface area contributed by atoms with Gasteiger partial charge in [-0.05, 0) is 54.9 Å². The first-order valence-corrected chi connectivity index (χ1v) is 8.72. The lowest BCUT2D eigenvalue weighted by Gasteiger charge is -2.23. The molecule has 1 aromatic carbocycles. The van der Waals surface area contributed by atoms with E-state index in [9.17, 15) is 4.79 Å². The molecule has 2 heterocycles. The van der Waals surface area contributed by atoms with E-state index in [1.165, 1.54) is 11.1 Å². The number of amides is 1. The van der Waals surface area contributed by atoms with Gasteiger partial charge < -0.3 is 15.0 Å². The minimum Gasteiger partial charge on any atom is -0.481 e. The quantitative estimate of drug-likeness (QED) is 0.928. The average Bonchev–Trinajstić information content (AvgIpc) is 3.07. The van der Waals surface area contributed by atoms with E-state index < -0.39 is 6.10 Å². The first-order chi connectivity index (χ1) is 11.0. The van der Waals surface area contributed by atoms with E-state index in [0.717, 1.165) is 31.9 Å². The summed E-state index contributed by atoms with van der Waals surface area (Å²) < 4.78 is 5.92. The number of benzene rings is 1. The Kier molecular flexibility index (Phi) is 4.62. The van der Waals surface area contributed by atoms with Crippen molar-refractivity contribution in [3.8, 4) is 5.75 Å². The summed E-state index contributed by atoms with van der Waals surface area (Å²) in [7, 11) is 0. The lowest BCUT2D eigenvalue weighted by molar-refractivity contribution is -0.137. The van der Waals surface area contributed by atoms with Crippen molar-refractivity contribution in [1.82, 2.24) is 10.2 Å². The topological polar surface area (TPSA) is 41.6 Å². The van der Waals surface area contributed by atoms with E-state index in [0.29, 0.717) is 17.8 Å². The van der Waals surface area contributed by atoms with Crippen molar-refractivity contribution in [2.24, 2.45) is 11.8 Å². The van der Waals surface area contributed by atoms with Gasteiger partial charge in [-0.3, -0.25) is 4.79 Å². The molecule has 4 nitrogen and oxygen atoms in total. The first kappa shape index (κ1) is 16.3. The summed E-state index contributed by atoms with van der Waals surface area (Å²) in [6.45, 7) is 12.2. The van der Waals surface area contributed by atoms with E-state index in [2.05, 4.69) is 32.2 Å². The summed E-state index contributed by atoms with van der Waals surface area (Å²) in [5.74, 6) is 2.65. The number of hydrogen-bond donors (Lipinski definition) is 1. The maximum absolute atomic E-state index is 12.6. The SMILES string of the molecule is Cc1cc(OC(C)C(=O)N2C[C@H]3CNC[C@H]3C2)ccc1C(C)C. The Balaban J connectivity index is 1.61. The first-order valence-electron chi connectivity index (χ1n) is 8.72. The molecule has 4 heteroatoms. The lowest BCUT2D eigenvalue weighted by atomic mass is 9.98. The summed E-state index contributed by atoms with van der Waals surface area (Å²) >= 11 is 0. The molecule has 1 aromatic rings. The largest absolute Gasteiger partial charge is 0.481 e. The fourth-order valence-electron chi connectivity index (χ4n) is 3.92. The Bertz CT molecular complexity index is 573. The highest BCUT2D eigenvalue weighted by atomic mass is 16.5. The van der Waals surface area contributed by atoms with Crippen LogP contribution in [0.2, 0.25) is 0 Å². The van der Waals surface area contributed by atoms with Gasteiger partial charge in [0.1, 0.15) is 5.75 Å². The van der Waals surface area contributed by atoms with Crippen LogP contribution in [-0.4, -0.2) is 43.1 Å². The molecule has 3 atom stereocenters. The average molecular weight is 316 g/mol. The second-order valence-corrected chi connectivity index (χ2v) is 7.35. The zero-order chi connectivity index (χ0) is 16.6. The van der Waals surface area contributed by atoms with Gasteiger partial charge in [-0.15, -0.1) is 0 Å². The van der Waals surface area contributed by atoms with Crippen LogP contribution in [0.25, 0.3) is 0 Å². The monoisotopic (exact) mass is 316 g/mol. The Morgan fingerprint density at radius 2 is 1.87 bits per heavy atom. The lowest BCUT2D eigenvalue weighted by Crippen LogP contribution is -2.40. The van der Waals surface area contributed by atoms with Gasteiger partial charge in [0.25, 0.3) is 5.91 Å². The third kappa shape index (κ3) is 3.37. The number of rotatable bonds is 4. The van der Waals surface area contributed by atoms with Crippen LogP contribution in [0.5, 0.6) is 5.75 Å². The summed E-state index contributed by atoms with van der Waals surface area (Å²) in [4.78, 5) is 14.6. The van der Waals surface area contributed by atoms with Gasteiger partial charge in [-0.1, -0.05) is 19.9 Å². The fraction of sp³-hybridized carbons (Fsp3) is 0.632. The highest BCUT2D eigenvalue weighted by Gasteiger charge is 2.39. The molecule has 0 radical (unpaired) electrons. The summed E-state index contributed by atoms with van der Waals surface area (Å²) in [6, 6.07) is 6.13. The zero-order valence-corrected chi connectivity index (χ0v) is 14.6. The zero-order valence-electron chi connectivity index (χ0n) is 14.6. The second-order valence-electron chi connectivity index (χ2n) is 7.35. The minimum atomic E-state index is -0.425. The number of carbonyl (C=O) groups excluding carboxylic acids is 1. The van der Waals surface area contributed by atoms with Crippen molar-refractivity contribution >= 4 is 5.91 Å². The number of carbonyl (C=O) groups is 1. The van der Waals surface area contributed by atoms with Crippen molar-refractivity contribution in [3.63, 3.8) is 0 Å². The molecule has 2 aliphatic heterocycles. The van der Waals surface area contributed by atoms with E-state index in [1.807, 2.05) is 24.0 Å². The van der Waals surface area contributed by atoms with Crippen LogP contribution in [0.1, 0.15) is 37.8 Å². The number of likely N-dealkylation sites (tertiary alicyclic amines) is 1. The molecule has 0 aromatic heterocycles. The van der Waals surface area contributed by atoms with Gasteiger partial charge in [0.05, 0.1) is 0 Å². The predicted octanol–water partition coefficient (Wildman–Crippen LogP) is 2.56. The number of aryl methyl sites for hydroxylation is 1. The van der Waals surface area contributed by atoms with Crippen LogP contribution < -0.4 is 10.1 Å². The molecule has 126 valence electrons. The second kappa shape index (κ2) is 6.52. The Labute approximate surface area is 139 Å². The van der Waals surface area contributed by atoms with Crippen LogP contribution >= 0.6 is 0 Å². The Morgan fingerprint density at radius 3 is 2.43 bits per heavy atom. The van der Waals surface area contributed by atoms with E-state index >= 15 is 0 Å². The molecular weight excluding hydrogens is 288 g/mol. The minimum absolute atomic E-state index is 0.116. The number of fused-ring (bicyclic) bond motifs is 1. The van der Waals surface area contributed by atoms with Gasteiger partial charge in [0.2, 0.25) is 0 Å². The van der Waals surface area contributed by atoms with E-state index in [1.54, 1.807) is 0 Å². The van der Waals surface area contributed by atoms with Crippen molar-refractivity contribution < 1.29 is 9.53 Å². The maximum Gasteiger partial charge on any atom is 0.263 e. The molecule has 0 saturated carbocycles. The molecule has 1 unspecified atom stereocenters. The van der Waals surface area contributed by atoms with Crippen LogP contribution in [0.4, 0.5) is 0 Å². The predicted molar refractivity (Wildman–Crippen MR) is 91.8 cm³/mol. The molecule has 0 aliphatic carbocycles. The Hall–Kier alpha value is -1.55. The standard InChI is InChI=1S/C19H28N2O2/c1-12(2)18-6-5-17(7-13(18)3)23-14(4)19(22)21-10-15-8-20-9-16(15)11-21/h5-7,12,14-16,20H,8-11H2,1-4H3/t14?,15-,16+. The number of ether oxygens (including phenoxy) is 1. The van der Waals surface area contributed by atoms with Gasteiger partial charge >= 0.3 is 0 Å². The van der Waals surface area contributed by atoms with Crippen LogP contribution in [-0.2, 0) is 4.79 Å². The van der Waals surface area contributed by atoms with Crippen LogP contribution in [0, 0.1) is 18.8 Å². The molecule has 1 amide bonds. The third-order valence-corrected chi connectivity index (χ3v) is 5.23. The smallest absolute Gasteiger partial charge is 0.263 e. The molecule has 2 fully saturated rings. The highest BCUT2D eigenvalue weighted by molar-refractivity contribution is 5.81. The van der Waals surface area contributed by atoms with Gasteiger partial charge in [0, 0.05) is 26.2 Å². The maximum atomic E-state index is 12.6. The fourth-order valence-corrected chi connectivity index (χ4v) is 3.92. The number of nitrogens with one attached hydrogen (secondary N) is 1. The van der Waals surface area contributed by atoms with Crippen LogP contribution in [0.15, 0.2) is 18.2 Å². The molecule has 2 saturated heterocycles. The van der Waals surface area contributed by atoms with Crippen LogP contribution in [0.3, 0.4) is 0 Å². The van der Waals surface area contributed by atoms with E-state index in [4.69, 9.17) is 4.74 Å². The Morgan fingerprint density at radius 1 is 1.22 bits per heavy atom. The highest BCUT2D eigenvalue weighted by Crippen LogP contribution is 2.28. The molecule has 3 rings (SSSR count). The van der Waals surface area contributed by atoms with Gasteiger partial charge in [0.15, 0.2) is 6.10 Å². The van der Waals surface area contributed by atoms with Crippen molar-refractivity contribution in [1.29, 1.82) is 0 Å². The molecule has 2 aliphatic rings. The third-order valence-electron chi connectivity index (χ3n) is 5.23. The molecule has 1 N–H and O–H groups in total.